The molecule has 0 aromatic carbocycles. The largest absolute Gasteiger partial charge is 0.463 e. The van der Waals surface area contributed by atoms with E-state index in [1.54, 1.807) is 44.5 Å². The number of hydrogen-bond donors (Lipinski definition) is 2. The highest BCUT2D eigenvalue weighted by molar-refractivity contribution is 6.31. The maximum atomic E-state index is 12.0. The molecule has 2 rings (SSSR count). The third-order valence-corrected chi connectivity index (χ3v) is 4.03. The van der Waals surface area contributed by atoms with Gasteiger partial charge in [0.1, 0.15) is 23.7 Å². The van der Waals surface area contributed by atoms with E-state index in [1.807, 2.05) is 0 Å². The Kier molecular flexibility index (Phi) is 4.63. The number of hydrogen-bond acceptors (Lipinski definition) is 4. The Morgan fingerprint density at radius 3 is 2.64 bits per heavy atom. The predicted molar refractivity (Wildman–Crippen MR) is 82.7 cm³/mol. The normalized spacial score (nSPS) is 13.9. The number of halogens is 1. The number of carbonyl (C=O) groups excluding carboxylic acids is 1. The molecule has 0 saturated heterocycles. The minimum atomic E-state index is -1.27. The lowest BCUT2D eigenvalue weighted by Gasteiger charge is -2.21. The number of nitrogens with one attached hydrogen (secondary N) is 1. The van der Waals surface area contributed by atoms with E-state index in [0.717, 1.165) is 5.69 Å². The zero-order chi connectivity index (χ0) is 16.5. The fraction of sp³-hybridized carbons (Fsp3) is 0.467. The smallest absolute Gasteiger partial charge is 0.241 e. The van der Waals surface area contributed by atoms with E-state index in [1.165, 1.54) is 0 Å². The molecule has 1 amide bonds. The zero-order valence-electron chi connectivity index (χ0n) is 13.1. The molecule has 2 heterocycles. The van der Waals surface area contributed by atoms with E-state index >= 15 is 0 Å². The number of rotatable bonds is 5. The van der Waals surface area contributed by atoms with Crippen LogP contribution in [0.15, 0.2) is 16.5 Å². The first-order valence-corrected chi connectivity index (χ1v) is 7.34. The Hall–Kier alpha value is -1.79. The van der Waals surface area contributed by atoms with Crippen molar-refractivity contribution in [2.45, 2.75) is 39.8 Å². The van der Waals surface area contributed by atoms with Gasteiger partial charge in [0.05, 0.1) is 23.0 Å². The zero-order valence-corrected chi connectivity index (χ0v) is 13.9. The van der Waals surface area contributed by atoms with Gasteiger partial charge in [0.15, 0.2) is 0 Å². The number of amides is 1. The van der Waals surface area contributed by atoms with Gasteiger partial charge in [-0.15, -0.1) is 0 Å². The quantitative estimate of drug-likeness (QED) is 0.882. The topological polar surface area (TPSA) is 80.3 Å². The van der Waals surface area contributed by atoms with Gasteiger partial charge in [0.25, 0.3) is 0 Å². The van der Waals surface area contributed by atoms with Crippen molar-refractivity contribution in [1.82, 2.24) is 15.1 Å². The molecule has 2 aromatic rings. The van der Waals surface area contributed by atoms with Gasteiger partial charge in [-0.05, 0) is 39.8 Å². The van der Waals surface area contributed by atoms with Crippen LogP contribution in [-0.4, -0.2) is 27.3 Å². The van der Waals surface area contributed by atoms with Crippen LogP contribution in [0.1, 0.15) is 29.8 Å². The highest BCUT2D eigenvalue weighted by atomic mass is 35.5. The summed E-state index contributed by atoms with van der Waals surface area (Å²) < 4.78 is 6.94. The van der Waals surface area contributed by atoms with Crippen molar-refractivity contribution in [2.75, 3.05) is 6.54 Å². The van der Waals surface area contributed by atoms with Crippen LogP contribution in [-0.2, 0) is 16.9 Å². The van der Waals surface area contributed by atoms with Crippen molar-refractivity contribution in [2.24, 2.45) is 0 Å². The van der Waals surface area contributed by atoms with Gasteiger partial charge in [-0.1, -0.05) is 11.6 Å². The summed E-state index contributed by atoms with van der Waals surface area (Å²) >= 11 is 6.05. The lowest BCUT2D eigenvalue weighted by Crippen LogP contribution is -2.40. The van der Waals surface area contributed by atoms with Gasteiger partial charge in [-0.2, -0.15) is 5.10 Å². The molecular formula is C15H20ClN3O3. The minimum Gasteiger partial charge on any atom is -0.463 e. The highest BCUT2D eigenvalue weighted by Crippen LogP contribution is 2.22. The van der Waals surface area contributed by atoms with Gasteiger partial charge in [0.2, 0.25) is 5.91 Å². The summed E-state index contributed by atoms with van der Waals surface area (Å²) in [4.78, 5) is 12.0. The Morgan fingerprint density at radius 1 is 1.45 bits per heavy atom. The molecule has 0 fully saturated rings. The molecule has 0 radical (unpaired) electrons. The van der Waals surface area contributed by atoms with Crippen molar-refractivity contribution in [1.29, 1.82) is 0 Å². The molecule has 1 atom stereocenters. The van der Waals surface area contributed by atoms with Crippen molar-refractivity contribution in [3.8, 4) is 0 Å². The summed E-state index contributed by atoms with van der Waals surface area (Å²) in [6.45, 7) is 7.07. The number of aromatic nitrogens is 2. The van der Waals surface area contributed by atoms with Gasteiger partial charge in [-0.3, -0.25) is 9.48 Å². The number of carbonyl (C=O) groups is 1. The first-order valence-electron chi connectivity index (χ1n) is 6.96. The van der Waals surface area contributed by atoms with Gasteiger partial charge >= 0.3 is 0 Å². The summed E-state index contributed by atoms with van der Waals surface area (Å²) in [7, 11) is 0. The third-order valence-electron chi connectivity index (χ3n) is 3.49. The maximum absolute atomic E-state index is 12.0. The fourth-order valence-electron chi connectivity index (χ4n) is 2.10. The van der Waals surface area contributed by atoms with Crippen LogP contribution in [0, 0.1) is 20.8 Å². The monoisotopic (exact) mass is 325 g/mol. The fourth-order valence-corrected chi connectivity index (χ4v) is 2.24. The average molecular weight is 326 g/mol. The number of nitrogens with zero attached hydrogens (tertiary/aromatic N) is 2. The van der Waals surface area contributed by atoms with Crippen LogP contribution < -0.4 is 5.32 Å². The van der Waals surface area contributed by atoms with Crippen molar-refractivity contribution in [3.05, 3.63) is 40.1 Å². The summed E-state index contributed by atoms with van der Waals surface area (Å²) in [5, 5.41) is 17.8. The molecular weight excluding hydrogens is 306 g/mol. The maximum Gasteiger partial charge on any atom is 0.241 e. The highest BCUT2D eigenvalue weighted by Gasteiger charge is 2.27. The Bertz CT molecular complexity index is 688. The molecule has 22 heavy (non-hydrogen) atoms. The molecule has 0 saturated carbocycles. The molecule has 2 aromatic heterocycles. The van der Waals surface area contributed by atoms with Crippen LogP contribution in [0.3, 0.4) is 0 Å². The van der Waals surface area contributed by atoms with E-state index in [9.17, 15) is 9.90 Å². The first-order chi connectivity index (χ1) is 10.2. The molecule has 7 heteroatoms. The van der Waals surface area contributed by atoms with Crippen LogP contribution in [0.5, 0.6) is 0 Å². The van der Waals surface area contributed by atoms with E-state index in [-0.39, 0.29) is 19.0 Å². The predicted octanol–water partition coefficient (Wildman–Crippen LogP) is 2.08. The summed E-state index contributed by atoms with van der Waals surface area (Å²) in [6.07, 6.45) is 0. The number of aryl methyl sites for hydroxylation is 2. The standard InChI is InChI=1S/C15H20ClN3O3/c1-9-5-6-12(22-9)15(4,21)8-17-13(20)7-19-11(3)14(16)10(2)18-19/h5-6,21H,7-8H2,1-4H3,(H,17,20). The van der Waals surface area contributed by atoms with Gasteiger partial charge in [-0.25, -0.2) is 0 Å². The summed E-state index contributed by atoms with van der Waals surface area (Å²) in [6, 6.07) is 3.46. The summed E-state index contributed by atoms with van der Waals surface area (Å²) in [5.74, 6) is 0.865. The third kappa shape index (κ3) is 3.51. The average Bonchev–Trinajstić information content (AvgIpc) is 2.98. The molecule has 0 bridgehead atoms. The van der Waals surface area contributed by atoms with Gasteiger partial charge in [0, 0.05) is 0 Å². The van der Waals surface area contributed by atoms with Crippen molar-refractivity contribution in [3.63, 3.8) is 0 Å². The van der Waals surface area contributed by atoms with Crippen molar-refractivity contribution >= 4 is 17.5 Å². The second kappa shape index (κ2) is 6.14. The first kappa shape index (κ1) is 16.6. The summed E-state index contributed by atoms with van der Waals surface area (Å²) in [5.41, 5.74) is 0.157. The lowest BCUT2D eigenvalue weighted by atomic mass is 10.0. The van der Waals surface area contributed by atoms with Crippen LogP contribution >= 0.6 is 11.6 Å². The van der Waals surface area contributed by atoms with Crippen LogP contribution in [0.2, 0.25) is 5.02 Å². The number of aliphatic hydroxyl groups is 1. The molecule has 6 nitrogen and oxygen atoms in total. The van der Waals surface area contributed by atoms with Crippen molar-refractivity contribution < 1.29 is 14.3 Å². The molecule has 0 spiro atoms. The molecule has 0 aliphatic heterocycles. The van der Waals surface area contributed by atoms with Crippen LogP contribution in [0.4, 0.5) is 0 Å². The Morgan fingerprint density at radius 2 is 2.14 bits per heavy atom. The Labute approximate surface area is 134 Å². The SMILES string of the molecule is Cc1ccc(C(C)(O)CNC(=O)Cn2nc(C)c(Cl)c2C)o1. The second-order valence-electron chi connectivity index (χ2n) is 5.60. The molecule has 120 valence electrons. The van der Waals surface area contributed by atoms with E-state index < -0.39 is 5.60 Å². The second-order valence-corrected chi connectivity index (χ2v) is 5.98. The molecule has 0 aliphatic rings. The van der Waals surface area contributed by atoms with E-state index in [2.05, 4.69) is 10.4 Å². The minimum absolute atomic E-state index is 0.0474. The molecule has 2 N–H and O–H groups in total. The van der Waals surface area contributed by atoms with E-state index in [0.29, 0.717) is 22.2 Å². The molecule has 1 unspecified atom stereocenters. The van der Waals surface area contributed by atoms with Gasteiger partial charge < -0.3 is 14.8 Å². The number of furan rings is 1. The Balaban J connectivity index is 1.96. The van der Waals surface area contributed by atoms with E-state index in [4.69, 9.17) is 16.0 Å². The molecule has 0 aliphatic carbocycles. The van der Waals surface area contributed by atoms with Crippen LogP contribution in [0.25, 0.3) is 0 Å². The lowest BCUT2D eigenvalue weighted by molar-refractivity contribution is -0.123.